The summed E-state index contributed by atoms with van der Waals surface area (Å²) in [7, 11) is 1.93. The lowest BCUT2D eigenvalue weighted by Gasteiger charge is -2.07. The number of allylic oxidation sites excluding steroid dienone is 2. The van der Waals surface area contributed by atoms with Crippen molar-refractivity contribution in [3.05, 3.63) is 71.1 Å². The lowest BCUT2D eigenvalue weighted by Crippen LogP contribution is -2.01. The van der Waals surface area contributed by atoms with Crippen LogP contribution in [0.2, 0.25) is 0 Å². The van der Waals surface area contributed by atoms with E-state index in [1.807, 2.05) is 53.9 Å². The highest BCUT2D eigenvalue weighted by molar-refractivity contribution is 6.20. The molecule has 1 aromatic heterocycles. The van der Waals surface area contributed by atoms with Gasteiger partial charge in [0.05, 0.1) is 0 Å². The Morgan fingerprint density at radius 3 is 2.00 bits per heavy atom. The van der Waals surface area contributed by atoms with Crippen LogP contribution >= 0.6 is 0 Å². The van der Waals surface area contributed by atoms with Gasteiger partial charge in [0.15, 0.2) is 0 Å². The SMILES string of the molecule is C#C.C/C=C(/C(C)=N)c1cnc(C)c(C)c1.CC.CCNC.CC[C@@H](C)Cc1ccccc1. The fraction of sp³-hybridized carbons (Fsp3) is 0.467. The van der Waals surface area contributed by atoms with Gasteiger partial charge in [-0.25, -0.2) is 0 Å². The van der Waals surface area contributed by atoms with Gasteiger partial charge in [-0.05, 0) is 76.4 Å². The minimum absolute atomic E-state index is 0.581. The monoisotopic (exact) mass is 451 g/mol. The summed E-state index contributed by atoms with van der Waals surface area (Å²) in [5.41, 5.74) is 6.25. The standard InChI is InChI=1S/C12H16N2.C11H16.C3H9N.C2H6.C2H2/c1-5-12(9(3)13)11-6-8(2)10(4)14-7-11;1-3-10(2)9-11-7-5-4-6-8-11;1-3-4-2;2*1-2/h5-7,13H,1-4H3;4-8,10H,3,9H2,1-2H3;4H,3H2,1-2H3;1-2H3;1-2H/b12-5-,13-9?;;;;/t;10-;;;/m.1.../s1. The van der Waals surface area contributed by atoms with Crippen LogP contribution in [0.1, 0.15) is 77.3 Å². The molecule has 0 unspecified atom stereocenters. The summed E-state index contributed by atoms with van der Waals surface area (Å²) >= 11 is 0. The lowest BCUT2D eigenvalue weighted by atomic mass is 9.99. The van der Waals surface area contributed by atoms with E-state index in [1.165, 1.54) is 24.0 Å². The molecule has 1 aromatic carbocycles. The summed E-state index contributed by atoms with van der Waals surface area (Å²) in [5.74, 6) is 0.817. The minimum Gasteiger partial charge on any atom is -0.320 e. The minimum atomic E-state index is 0.581. The summed E-state index contributed by atoms with van der Waals surface area (Å²) in [6.45, 7) is 19.5. The van der Waals surface area contributed by atoms with Crippen LogP contribution in [0, 0.1) is 38.0 Å². The zero-order valence-electron chi connectivity index (χ0n) is 22.9. The fourth-order valence-corrected chi connectivity index (χ4v) is 2.55. The number of hydrogen-bond acceptors (Lipinski definition) is 3. The zero-order chi connectivity index (χ0) is 26.2. The van der Waals surface area contributed by atoms with Crippen LogP contribution in [0.4, 0.5) is 0 Å². The molecule has 0 spiro atoms. The van der Waals surface area contributed by atoms with Crippen molar-refractivity contribution >= 4 is 11.3 Å². The first kappa shape index (κ1) is 34.9. The van der Waals surface area contributed by atoms with Crippen molar-refractivity contribution in [2.45, 2.75) is 75.2 Å². The van der Waals surface area contributed by atoms with Gasteiger partial charge in [0, 0.05) is 23.2 Å². The van der Waals surface area contributed by atoms with Gasteiger partial charge < -0.3 is 10.7 Å². The maximum atomic E-state index is 7.62. The summed E-state index contributed by atoms with van der Waals surface area (Å²) in [4.78, 5) is 4.29. The number of rotatable bonds is 6. The van der Waals surface area contributed by atoms with Crippen molar-refractivity contribution in [2.24, 2.45) is 5.92 Å². The van der Waals surface area contributed by atoms with E-state index in [-0.39, 0.29) is 0 Å². The maximum Gasteiger partial charge on any atom is 0.0402 e. The normalized spacial score (nSPS) is 10.4. The highest BCUT2D eigenvalue weighted by atomic mass is 14.8. The Labute approximate surface area is 205 Å². The topological polar surface area (TPSA) is 48.8 Å². The molecule has 3 nitrogen and oxygen atoms in total. The summed E-state index contributed by atoms with van der Waals surface area (Å²) in [6, 6.07) is 12.8. The Kier molecular flexibility index (Phi) is 25.3. The van der Waals surface area contributed by atoms with Crippen LogP contribution in [-0.4, -0.2) is 24.3 Å². The molecule has 33 heavy (non-hydrogen) atoms. The van der Waals surface area contributed by atoms with E-state index in [9.17, 15) is 0 Å². The van der Waals surface area contributed by atoms with Crippen LogP contribution in [0.25, 0.3) is 5.57 Å². The second kappa shape index (κ2) is 24.0. The second-order valence-corrected chi connectivity index (χ2v) is 7.36. The molecule has 184 valence electrons. The van der Waals surface area contributed by atoms with E-state index in [1.54, 1.807) is 6.92 Å². The molecule has 0 radical (unpaired) electrons. The van der Waals surface area contributed by atoms with Crippen molar-refractivity contribution < 1.29 is 0 Å². The number of hydrogen-bond donors (Lipinski definition) is 2. The van der Waals surface area contributed by atoms with Crippen molar-refractivity contribution in [3.63, 3.8) is 0 Å². The number of aromatic nitrogens is 1. The van der Waals surface area contributed by atoms with Crippen LogP contribution < -0.4 is 5.32 Å². The highest BCUT2D eigenvalue weighted by Crippen LogP contribution is 2.17. The lowest BCUT2D eigenvalue weighted by molar-refractivity contribution is 0.560. The van der Waals surface area contributed by atoms with Crippen molar-refractivity contribution in [2.75, 3.05) is 13.6 Å². The Morgan fingerprint density at radius 2 is 1.64 bits per heavy atom. The molecule has 0 saturated heterocycles. The molecule has 0 aliphatic heterocycles. The van der Waals surface area contributed by atoms with Gasteiger partial charge in [-0.2, -0.15) is 0 Å². The van der Waals surface area contributed by atoms with Crippen LogP contribution in [0.15, 0.2) is 48.7 Å². The number of nitrogens with zero attached hydrogens (tertiary/aromatic N) is 1. The number of terminal acetylenes is 1. The van der Waals surface area contributed by atoms with Crippen LogP contribution in [-0.2, 0) is 6.42 Å². The zero-order valence-corrected chi connectivity index (χ0v) is 22.9. The third-order valence-electron chi connectivity index (χ3n) is 4.82. The first-order chi connectivity index (χ1) is 15.8. The average Bonchev–Trinajstić information content (AvgIpc) is 2.85. The maximum absolute atomic E-state index is 7.62. The number of pyridine rings is 1. The highest BCUT2D eigenvalue weighted by Gasteiger charge is 2.04. The predicted molar refractivity (Wildman–Crippen MR) is 151 cm³/mol. The summed E-state index contributed by atoms with van der Waals surface area (Å²) < 4.78 is 0. The molecule has 1 heterocycles. The Hall–Kier alpha value is -2.70. The third kappa shape index (κ3) is 17.5. The van der Waals surface area contributed by atoms with E-state index >= 15 is 0 Å². The molecule has 1 atom stereocenters. The Bertz CT molecular complexity index is 772. The molecular weight excluding hydrogens is 402 g/mol. The predicted octanol–water partition coefficient (Wildman–Crippen LogP) is 7.92. The van der Waals surface area contributed by atoms with Gasteiger partial charge in [-0.1, -0.05) is 77.4 Å². The molecule has 0 saturated carbocycles. The van der Waals surface area contributed by atoms with Gasteiger partial charge in [0.25, 0.3) is 0 Å². The van der Waals surface area contributed by atoms with E-state index in [4.69, 9.17) is 5.41 Å². The summed E-state index contributed by atoms with van der Waals surface area (Å²) in [5, 5.41) is 10.5. The average molecular weight is 452 g/mol. The molecule has 0 fully saturated rings. The molecule has 2 rings (SSSR count). The molecule has 0 aliphatic rings. The molecule has 0 aliphatic carbocycles. The van der Waals surface area contributed by atoms with Crippen LogP contribution in [0.3, 0.4) is 0 Å². The van der Waals surface area contributed by atoms with Crippen molar-refractivity contribution in [1.29, 1.82) is 5.41 Å². The molecule has 2 N–H and O–H groups in total. The van der Waals surface area contributed by atoms with Gasteiger partial charge in [-0.15, -0.1) is 12.8 Å². The van der Waals surface area contributed by atoms with E-state index in [0.717, 1.165) is 29.3 Å². The first-order valence-corrected chi connectivity index (χ1v) is 12.0. The van der Waals surface area contributed by atoms with E-state index in [0.29, 0.717) is 5.71 Å². The van der Waals surface area contributed by atoms with Gasteiger partial charge in [-0.3, -0.25) is 4.98 Å². The first-order valence-electron chi connectivity index (χ1n) is 12.0. The van der Waals surface area contributed by atoms with Gasteiger partial charge in [0.1, 0.15) is 0 Å². The van der Waals surface area contributed by atoms with Crippen molar-refractivity contribution in [3.8, 4) is 12.8 Å². The van der Waals surface area contributed by atoms with E-state index in [2.05, 4.69) is 80.3 Å². The number of benzene rings is 1. The van der Waals surface area contributed by atoms with Crippen molar-refractivity contribution in [1.82, 2.24) is 10.3 Å². The third-order valence-corrected chi connectivity index (χ3v) is 4.82. The van der Waals surface area contributed by atoms with Gasteiger partial charge in [0.2, 0.25) is 0 Å². The number of nitrogens with one attached hydrogen (secondary N) is 2. The summed E-state index contributed by atoms with van der Waals surface area (Å²) in [6.07, 6.45) is 14.3. The number of aryl methyl sites for hydroxylation is 2. The Balaban J connectivity index is -0.000000421. The quantitative estimate of drug-likeness (QED) is 0.346. The largest absolute Gasteiger partial charge is 0.320 e. The fourth-order valence-electron chi connectivity index (χ4n) is 2.55. The second-order valence-electron chi connectivity index (χ2n) is 7.36. The van der Waals surface area contributed by atoms with Gasteiger partial charge >= 0.3 is 0 Å². The molecule has 0 bridgehead atoms. The molecule has 0 amide bonds. The molecular formula is C30H49N3. The molecule has 2 aromatic rings. The Morgan fingerprint density at radius 1 is 1.12 bits per heavy atom. The smallest absolute Gasteiger partial charge is 0.0402 e. The van der Waals surface area contributed by atoms with Crippen LogP contribution in [0.5, 0.6) is 0 Å². The molecule has 3 heteroatoms. The van der Waals surface area contributed by atoms with E-state index < -0.39 is 0 Å².